The monoisotopic (exact) mass is 700 g/mol. The van der Waals surface area contributed by atoms with Crippen LogP contribution in [0.1, 0.15) is 42.4 Å². The highest BCUT2D eigenvalue weighted by molar-refractivity contribution is 6.35. The number of amides is 2. The van der Waals surface area contributed by atoms with Gasteiger partial charge in [-0.2, -0.15) is 0 Å². The standard InChI is InChI=1S/C38H42ClFN6O4/c1-22-29(5-4-6-31(22)46-32-17-26(40)15-25(38(32)50-3)19-42-21-28-10-12-35(48)45-28)30-13-14-43-37(36(30)39)23-7-8-24(33(16-23)49-2)18-41-20-27-9-11-34(47)44-27/h4-8,13-17,27-28,41-42,46H,9-12,18-21H2,1-3H3,(H,44,47)(H,45,48). The third-order valence-corrected chi connectivity index (χ3v) is 9.64. The molecule has 3 heterocycles. The molecule has 1 aromatic heterocycles. The molecule has 2 atom stereocenters. The zero-order valence-electron chi connectivity index (χ0n) is 28.4. The van der Waals surface area contributed by atoms with E-state index in [1.54, 1.807) is 20.4 Å². The molecule has 2 aliphatic rings. The van der Waals surface area contributed by atoms with Gasteiger partial charge in [0.25, 0.3) is 0 Å². The topological polar surface area (TPSA) is 126 Å². The largest absolute Gasteiger partial charge is 0.496 e. The fourth-order valence-electron chi connectivity index (χ4n) is 6.64. The van der Waals surface area contributed by atoms with Crippen LogP contribution in [0.15, 0.2) is 60.8 Å². The van der Waals surface area contributed by atoms with Crippen LogP contribution in [-0.2, 0) is 22.7 Å². The first-order valence-corrected chi connectivity index (χ1v) is 17.2. The number of aromatic nitrogens is 1. The minimum Gasteiger partial charge on any atom is -0.496 e. The molecular formula is C38H42ClFN6O4. The van der Waals surface area contributed by atoms with Crippen LogP contribution in [0.5, 0.6) is 11.5 Å². The van der Waals surface area contributed by atoms with Crippen molar-refractivity contribution in [1.82, 2.24) is 26.3 Å². The molecule has 2 saturated heterocycles. The van der Waals surface area contributed by atoms with Gasteiger partial charge in [-0.25, -0.2) is 4.39 Å². The molecule has 4 aromatic rings. The Balaban J connectivity index is 1.21. The quantitative estimate of drug-likeness (QED) is 0.108. The van der Waals surface area contributed by atoms with Crippen LogP contribution in [0.25, 0.3) is 22.4 Å². The van der Waals surface area contributed by atoms with Crippen LogP contribution >= 0.6 is 11.6 Å². The third-order valence-electron chi connectivity index (χ3n) is 9.26. The normalized spacial score (nSPS) is 17.1. The summed E-state index contributed by atoms with van der Waals surface area (Å²) in [6.07, 6.45) is 4.45. The minimum absolute atomic E-state index is 0.0559. The SMILES string of the molecule is COc1cc(-c2nccc(-c3cccc(Nc4cc(F)cc(CNCC5CCC(=O)N5)c4OC)c3C)c2Cl)ccc1CNCC1CCC(=O)N1. The van der Waals surface area contributed by atoms with E-state index in [1.807, 2.05) is 49.4 Å². The Morgan fingerprint density at radius 3 is 2.20 bits per heavy atom. The molecule has 6 rings (SSSR count). The van der Waals surface area contributed by atoms with E-state index in [9.17, 15) is 14.0 Å². The summed E-state index contributed by atoms with van der Waals surface area (Å²) in [5.41, 5.74) is 6.95. The molecule has 0 radical (unpaired) electrons. The minimum atomic E-state index is -0.394. The summed E-state index contributed by atoms with van der Waals surface area (Å²) in [7, 11) is 3.20. The molecule has 12 heteroatoms. The van der Waals surface area contributed by atoms with E-state index in [1.165, 1.54) is 12.1 Å². The van der Waals surface area contributed by atoms with Gasteiger partial charge in [0.2, 0.25) is 11.8 Å². The number of methoxy groups -OCH3 is 2. The molecule has 0 saturated carbocycles. The second-order valence-corrected chi connectivity index (χ2v) is 13.0. The van der Waals surface area contributed by atoms with Crippen molar-refractivity contribution in [3.63, 3.8) is 0 Å². The molecule has 3 aromatic carbocycles. The fraction of sp³-hybridized carbons (Fsp3) is 0.342. The highest BCUT2D eigenvalue weighted by Gasteiger charge is 2.22. The molecule has 2 fully saturated rings. The van der Waals surface area contributed by atoms with Gasteiger partial charge in [-0.05, 0) is 55.2 Å². The number of rotatable bonds is 14. The Bertz CT molecular complexity index is 1890. The lowest BCUT2D eigenvalue weighted by atomic mass is 9.97. The number of pyridine rings is 1. The average Bonchev–Trinajstić information content (AvgIpc) is 3.72. The van der Waals surface area contributed by atoms with Crippen molar-refractivity contribution in [2.24, 2.45) is 0 Å². The Hall–Kier alpha value is -4.71. The molecular weight excluding hydrogens is 659 g/mol. The van der Waals surface area contributed by atoms with Crippen LogP contribution in [0.4, 0.5) is 15.8 Å². The molecule has 0 spiro atoms. The first kappa shape index (κ1) is 35.1. The maximum atomic E-state index is 14.9. The summed E-state index contributed by atoms with van der Waals surface area (Å²) in [4.78, 5) is 27.7. The zero-order chi connectivity index (χ0) is 35.2. The number of carbonyl (C=O) groups is 2. The Morgan fingerprint density at radius 2 is 1.56 bits per heavy atom. The summed E-state index contributed by atoms with van der Waals surface area (Å²) in [6, 6.07) is 16.7. The predicted molar refractivity (Wildman–Crippen MR) is 193 cm³/mol. The maximum absolute atomic E-state index is 14.9. The summed E-state index contributed by atoms with van der Waals surface area (Å²) < 4.78 is 26.4. The van der Waals surface area contributed by atoms with Gasteiger partial charge in [0.15, 0.2) is 0 Å². The van der Waals surface area contributed by atoms with E-state index in [-0.39, 0.29) is 23.9 Å². The lowest BCUT2D eigenvalue weighted by Crippen LogP contribution is -2.35. The fourth-order valence-corrected chi connectivity index (χ4v) is 6.96. The van der Waals surface area contributed by atoms with Gasteiger partial charge in [-0.15, -0.1) is 0 Å². The van der Waals surface area contributed by atoms with Crippen molar-refractivity contribution >= 4 is 34.8 Å². The van der Waals surface area contributed by atoms with E-state index in [2.05, 4.69) is 31.6 Å². The number of hydrogen-bond acceptors (Lipinski definition) is 8. The highest BCUT2D eigenvalue weighted by atomic mass is 35.5. The third kappa shape index (κ3) is 8.01. The number of halogens is 2. The lowest BCUT2D eigenvalue weighted by molar-refractivity contribution is -0.120. The Morgan fingerprint density at radius 1 is 0.860 bits per heavy atom. The van der Waals surface area contributed by atoms with Gasteiger partial charge in [0, 0.05) is 91.3 Å². The molecule has 2 unspecified atom stereocenters. The van der Waals surface area contributed by atoms with Gasteiger partial charge in [-0.3, -0.25) is 14.6 Å². The van der Waals surface area contributed by atoms with Gasteiger partial charge in [0.05, 0.1) is 30.6 Å². The van der Waals surface area contributed by atoms with Crippen molar-refractivity contribution in [3.05, 3.63) is 88.3 Å². The van der Waals surface area contributed by atoms with Crippen molar-refractivity contribution in [2.45, 2.75) is 57.8 Å². The number of benzene rings is 3. The summed E-state index contributed by atoms with van der Waals surface area (Å²) in [5, 5.41) is 16.5. The van der Waals surface area contributed by atoms with E-state index in [4.69, 9.17) is 21.1 Å². The lowest BCUT2D eigenvalue weighted by Gasteiger charge is -2.19. The summed E-state index contributed by atoms with van der Waals surface area (Å²) in [5.74, 6) is 0.998. The molecule has 50 heavy (non-hydrogen) atoms. The van der Waals surface area contributed by atoms with Crippen LogP contribution in [0, 0.1) is 12.7 Å². The van der Waals surface area contributed by atoms with Gasteiger partial charge in [0.1, 0.15) is 17.3 Å². The number of nitrogens with zero attached hydrogens (tertiary/aromatic N) is 1. The summed E-state index contributed by atoms with van der Waals surface area (Å²) in [6.45, 7) is 4.22. The number of ether oxygens (including phenoxy) is 2. The zero-order valence-corrected chi connectivity index (χ0v) is 29.2. The number of anilines is 2. The smallest absolute Gasteiger partial charge is 0.220 e. The average molecular weight is 701 g/mol. The molecule has 2 amide bonds. The van der Waals surface area contributed by atoms with Crippen molar-refractivity contribution in [2.75, 3.05) is 32.6 Å². The van der Waals surface area contributed by atoms with E-state index >= 15 is 0 Å². The maximum Gasteiger partial charge on any atom is 0.220 e. The Labute approximate surface area is 296 Å². The molecule has 0 bridgehead atoms. The van der Waals surface area contributed by atoms with E-state index < -0.39 is 5.82 Å². The number of carbonyl (C=O) groups excluding carboxylic acids is 2. The van der Waals surface area contributed by atoms with Crippen molar-refractivity contribution in [1.29, 1.82) is 0 Å². The molecule has 0 aliphatic carbocycles. The number of hydrogen-bond donors (Lipinski definition) is 5. The molecule has 262 valence electrons. The second-order valence-electron chi connectivity index (χ2n) is 12.7. The van der Waals surface area contributed by atoms with Crippen LogP contribution in [0.2, 0.25) is 5.02 Å². The summed E-state index contributed by atoms with van der Waals surface area (Å²) >= 11 is 7.09. The predicted octanol–water partition coefficient (Wildman–Crippen LogP) is 6.01. The molecule has 2 aliphatic heterocycles. The van der Waals surface area contributed by atoms with Crippen LogP contribution in [0.3, 0.4) is 0 Å². The van der Waals surface area contributed by atoms with Crippen LogP contribution in [-0.4, -0.2) is 56.2 Å². The van der Waals surface area contributed by atoms with Crippen molar-refractivity contribution < 1.29 is 23.5 Å². The van der Waals surface area contributed by atoms with Gasteiger partial charge in [-0.1, -0.05) is 35.9 Å². The van der Waals surface area contributed by atoms with Gasteiger partial charge < -0.3 is 36.1 Å². The van der Waals surface area contributed by atoms with E-state index in [0.29, 0.717) is 72.5 Å². The molecule has 10 nitrogen and oxygen atoms in total. The highest BCUT2D eigenvalue weighted by Crippen LogP contribution is 2.40. The Kier molecular flexibility index (Phi) is 11.2. The van der Waals surface area contributed by atoms with Crippen molar-refractivity contribution in [3.8, 4) is 33.9 Å². The molecule has 5 N–H and O–H groups in total. The number of nitrogens with one attached hydrogen (secondary N) is 5. The first-order chi connectivity index (χ1) is 24.2. The van der Waals surface area contributed by atoms with Crippen LogP contribution < -0.4 is 36.1 Å². The second kappa shape index (κ2) is 15.9. The van der Waals surface area contributed by atoms with E-state index in [0.717, 1.165) is 46.3 Å². The van der Waals surface area contributed by atoms with Gasteiger partial charge >= 0.3 is 0 Å². The first-order valence-electron chi connectivity index (χ1n) is 16.8.